The Kier molecular flexibility index (Phi) is 3.91. The van der Waals surface area contributed by atoms with E-state index in [1.807, 2.05) is 6.07 Å². The fourth-order valence-electron chi connectivity index (χ4n) is 2.54. The van der Waals surface area contributed by atoms with Gasteiger partial charge in [-0.25, -0.2) is 9.97 Å². The minimum absolute atomic E-state index is 0.377. The van der Waals surface area contributed by atoms with E-state index < -0.39 is 0 Å². The molecular weight excluding hydrogens is 285 g/mol. The van der Waals surface area contributed by atoms with Crippen LogP contribution in [-0.4, -0.2) is 27.7 Å². The Balaban J connectivity index is 1.95. The molecule has 0 bridgehead atoms. The minimum Gasteiger partial charge on any atom is -0.381 e. The van der Waals surface area contributed by atoms with Gasteiger partial charge in [-0.2, -0.15) is 0 Å². The van der Waals surface area contributed by atoms with Gasteiger partial charge in [-0.05, 0) is 18.9 Å². The number of alkyl halides is 1. The molecular formula is C13H15Cl2N3O. The van der Waals surface area contributed by atoms with Gasteiger partial charge < -0.3 is 9.30 Å². The molecule has 0 aromatic carbocycles. The van der Waals surface area contributed by atoms with Crippen LogP contribution in [-0.2, 0) is 17.2 Å². The highest BCUT2D eigenvalue weighted by Crippen LogP contribution is 2.23. The highest BCUT2D eigenvalue weighted by atomic mass is 35.5. The zero-order valence-electron chi connectivity index (χ0n) is 10.5. The van der Waals surface area contributed by atoms with Crippen LogP contribution in [0.15, 0.2) is 12.3 Å². The van der Waals surface area contributed by atoms with Crippen molar-refractivity contribution in [3.8, 4) is 0 Å². The van der Waals surface area contributed by atoms with Crippen molar-refractivity contribution in [2.45, 2.75) is 25.3 Å². The third kappa shape index (κ3) is 2.71. The molecule has 1 aliphatic rings. The molecule has 0 amide bonds. The van der Waals surface area contributed by atoms with E-state index in [0.717, 1.165) is 43.2 Å². The lowest BCUT2D eigenvalue weighted by Crippen LogP contribution is -2.23. The fraction of sp³-hybridized carbons (Fsp3) is 0.538. The monoisotopic (exact) mass is 299 g/mol. The second-order valence-corrected chi connectivity index (χ2v) is 5.56. The number of fused-ring (bicyclic) bond motifs is 1. The minimum atomic E-state index is 0.377. The molecule has 4 nitrogen and oxygen atoms in total. The van der Waals surface area contributed by atoms with Crippen molar-refractivity contribution in [1.29, 1.82) is 0 Å². The van der Waals surface area contributed by atoms with Crippen LogP contribution in [0.3, 0.4) is 0 Å². The first kappa shape index (κ1) is 13.2. The summed E-state index contributed by atoms with van der Waals surface area (Å²) in [6.45, 7) is 2.53. The summed E-state index contributed by atoms with van der Waals surface area (Å²) in [4.78, 5) is 8.88. The zero-order chi connectivity index (χ0) is 13.2. The summed E-state index contributed by atoms with van der Waals surface area (Å²) in [7, 11) is 0. The van der Waals surface area contributed by atoms with Gasteiger partial charge in [-0.3, -0.25) is 0 Å². The first-order chi connectivity index (χ1) is 9.28. The Bertz CT molecular complexity index is 579. The molecule has 0 radical (unpaired) electrons. The maximum absolute atomic E-state index is 5.99. The van der Waals surface area contributed by atoms with E-state index in [9.17, 15) is 0 Å². The maximum atomic E-state index is 5.99. The number of pyridine rings is 1. The lowest BCUT2D eigenvalue weighted by Gasteiger charge is -2.23. The molecule has 6 heteroatoms. The number of nitrogens with zero attached hydrogens (tertiary/aromatic N) is 3. The highest BCUT2D eigenvalue weighted by Gasteiger charge is 2.19. The summed E-state index contributed by atoms with van der Waals surface area (Å²) in [5.74, 6) is 1.73. The highest BCUT2D eigenvalue weighted by molar-refractivity contribution is 6.31. The summed E-state index contributed by atoms with van der Waals surface area (Å²) in [5, 5.41) is 0.597. The fourth-order valence-corrected chi connectivity index (χ4v) is 2.89. The molecule has 1 fully saturated rings. The summed E-state index contributed by atoms with van der Waals surface area (Å²) in [6, 6.07) is 1.83. The molecule has 1 unspecified atom stereocenters. The molecule has 1 saturated heterocycles. The maximum Gasteiger partial charge on any atom is 0.160 e. The smallest absolute Gasteiger partial charge is 0.160 e. The molecule has 0 aliphatic carbocycles. The van der Waals surface area contributed by atoms with Gasteiger partial charge in [0.15, 0.2) is 5.65 Å². The largest absolute Gasteiger partial charge is 0.381 e. The van der Waals surface area contributed by atoms with E-state index in [1.54, 1.807) is 6.20 Å². The van der Waals surface area contributed by atoms with Crippen molar-refractivity contribution in [2.75, 3.05) is 13.2 Å². The third-order valence-electron chi connectivity index (χ3n) is 3.45. The predicted octanol–water partition coefficient (Wildman–Crippen LogP) is 3.25. The van der Waals surface area contributed by atoms with Gasteiger partial charge in [-0.1, -0.05) is 11.6 Å². The second-order valence-electron chi connectivity index (χ2n) is 4.85. The van der Waals surface area contributed by atoms with E-state index in [1.165, 1.54) is 6.42 Å². The molecule has 102 valence electrons. The van der Waals surface area contributed by atoms with Crippen LogP contribution in [0.1, 0.15) is 18.7 Å². The molecule has 19 heavy (non-hydrogen) atoms. The van der Waals surface area contributed by atoms with E-state index in [-0.39, 0.29) is 0 Å². The Morgan fingerprint density at radius 1 is 1.47 bits per heavy atom. The van der Waals surface area contributed by atoms with Crippen LogP contribution in [0.2, 0.25) is 5.02 Å². The van der Waals surface area contributed by atoms with Crippen LogP contribution >= 0.6 is 23.2 Å². The topological polar surface area (TPSA) is 39.9 Å². The van der Waals surface area contributed by atoms with Crippen molar-refractivity contribution in [3.05, 3.63) is 23.1 Å². The molecule has 0 saturated carbocycles. The van der Waals surface area contributed by atoms with Crippen LogP contribution in [0.25, 0.3) is 11.2 Å². The normalized spacial score (nSPS) is 20.0. The number of hydrogen-bond acceptors (Lipinski definition) is 3. The van der Waals surface area contributed by atoms with E-state index in [4.69, 9.17) is 27.9 Å². The van der Waals surface area contributed by atoms with Gasteiger partial charge in [0.1, 0.15) is 11.3 Å². The van der Waals surface area contributed by atoms with Crippen molar-refractivity contribution in [1.82, 2.24) is 14.5 Å². The predicted molar refractivity (Wildman–Crippen MR) is 75.6 cm³/mol. The summed E-state index contributed by atoms with van der Waals surface area (Å²) < 4.78 is 7.62. The van der Waals surface area contributed by atoms with Crippen molar-refractivity contribution < 1.29 is 4.74 Å². The first-order valence-electron chi connectivity index (χ1n) is 6.42. The lowest BCUT2D eigenvalue weighted by molar-refractivity contribution is 0.0485. The number of aromatic nitrogens is 3. The Morgan fingerprint density at radius 2 is 2.37 bits per heavy atom. The average molecular weight is 300 g/mol. The third-order valence-corrected chi connectivity index (χ3v) is 3.89. The Hall–Kier alpha value is -0.840. The zero-order valence-corrected chi connectivity index (χ0v) is 12.0. The summed E-state index contributed by atoms with van der Waals surface area (Å²) in [5.41, 5.74) is 1.66. The van der Waals surface area contributed by atoms with Gasteiger partial charge in [0.05, 0.1) is 17.5 Å². The van der Waals surface area contributed by atoms with Crippen LogP contribution in [0.5, 0.6) is 0 Å². The second kappa shape index (κ2) is 5.65. The van der Waals surface area contributed by atoms with Crippen molar-refractivity contribution >= 4 is 34.4 Å². The lowest BCUT2D eigenvalue weighted by atomic mass is 10.0. The number of ether oxygens (including phenoxy) is 1. The standard InChI is InChI=1S/C13H15Cl2N3O/c14-5-12-17-11-4-10(15)6-16-13(11)18(12)7-9-2-1-3-19-8-9/h4,6,9H,1-3,5,7-8H2. The van der Waals surface area contributed by atoms with Gasteiger partial charge in [0, 0.05) is 25.3 Å². The molecule has 2 aromatic heterocycles. The number of halogens is 2. The molecule has 3 rings (SSSR count). The number of rotatable bonds is 3. The van der Waals surface area contributed by atoms with Crippen molar-refractivity contribution in [2.24, 2.45) is 5.92 Å². The molecule has 3 heterocycles. The quantitative estimate of drug-likeness (QED) is 0.817. The molecule has 0 N–H and O–H groups in total. The van der Waals surface area contributed by atoms with Crippen LogP contribution in [0.4, 0.5) is 0 Å². The van der Waals surface area contributed by atoms with Gasteiger partial charge in [0.25, 0.3) is 0 Å². The van der Waals surface area contributed by atoms with Crippen LogP contribution < -0.4 is 0 Å². The number of imidazole rings is 1. The Morgan fingerprint density at radius 3 is 3.11 bits per heavy atom. The summed E-state index contributed by atoms with van der Waals surface area (Å²) in [6.07, 6.45) is 3.94. The van der Waals surface area contributed by atoms with Gasteiger partial charge >= 0.3 is 0 Å². The van der Waals surface area contributed by atoms with Crippen LogP contribution in [0, 0.1) is 5.92 Å². The van der Waals surface area contributed by atoms with E-state index in [0.29, 0.717) is 16.8 Å². The molecule has 1 aliphatic heterocycles. The van der Waals surface area contributed by atoms with E-state index >= 15 is 0 Å². The molecule has 1 atom stereocenters. The first-order valence-corrected chi connectivity index (χ1v) is 7.33. The molecule has 2 aromatic rings. The SMILES string of the molecule is ClCc1nc2cc(Cl)cnc2n1CC1CCCOC1. The van der Waals surface area contributed by atoms with Gasteiger partial charge in [-0.15, -0.1) is 11.6 Å². The average Bonchev–Trinajstić information content (AvgIpc) is 2.77. The Labute approximate surface area is 121 Å². The van der Waals surface area contributed by atoms with E-state index in [2.05, 4.69) is 14.5 Å². The molecule has 0 spiro atoms. The number of hydrogen-bond donors (Lipinski definition) is 0. The summed E-state index contributed by atoms with van der Waals surface area (Å²) >= 11 is 11.9. The van der Waals surface area contributed by atoms with Crippen molar-refractivity contribution in [3.63, 3.8) is 0 Å². The van der Waals surface area contributed by atoms with Gasteiger partial charge in [0.2, 0.25) is 0 Å².